The van der Waals surface area contributed by atoms with Crippen LogP contribution in [0.2, 0.25) is 0 Å². The van der Waals surface area contributed by atoms with Gasteiger partial charge in [0.2, 0.25) is 0 Å². The molecule has 0 aromatic heterocycles. The Morgan fingerprint density at radius 3 is 2.35 bits per heavy atom. The highest BCUT2D eigenvalue weighted by Gasteiger charge is 2.34. The van der Waals surface area contributed by atoms with Gasteiger partial charge in [-0.25, -0.2) is 0 Å². The maximum Gasteiger partial charge on any atom is 0.251 e. The summed E-state index contributed by atoms with van der Waals surface area (Å²) in [6, 6.07) is 33.6. The number of aliphatic hydroxyl groups is 2. The van der Waals surface area contributed by atoms with E-state index in [2.05, 4.69) is 34.5 Å². The van der Waals surface area contributed by atoms with E-state index in [1.54, 1.807) is 12.1 Å². The summed E-state index contributed by atoms with van der Waals surface area (Å²) in [7, 11) is 0. The highest BCUT2D eigenvalue weighted by Crippen LogP contribution is 2.39. The second kappa shape index (κ2) is 13.6. The molecule has 1 amide bonds. The van der Waals surface area contributed by atoms with Gasteiger partial charge in [0.1, 0.15) is 0 Å². The molecular formula is C36H38N2O5. The van der Waals surface area contributed by atoms with Gasteiger partial charge in [-0.3, -0.25) is 9.69 Å². The van der Waals surface area contributed by atoms with Crippen LogP contribution in [0.25, 0.3) is 11.1 Å². The first-order valence-electron chi connectivity index (χ1n) is 15.0. The molecule has 4 atom stereocenters. The average molecular weight is 579 g/mol. The Labute approximate surface area is 252 Å². The van der Waals surface area contributed by atoms with E-state index in [1.165, 1.54) is 0 Å². The summed E-state index contributed by atoms with van der Waals surface area (Å²) in [5, 5.41) is 22.6. The van der Waals surface area contributed by atoms with Gasteiger partial charge in [-0.2, -0.15) is 0 Å². The summed E-state index contributed by atoms with van der Waals surface area (Å²) >= 11 is 0. The molecular weight excluding hydrogens is 540 g/mol. The van der Waals surface area contributed by atoms with Crippen molar-refractivity contribution in [3.8, 4) is 11.1 Å². The highest BCUT2D eigenvalue weighted by atomic mass is 16.7. The van der Waals surface area contributed by atoms with E-state index in [-0.39, 0.29) is 30.8 Å². The number of ether oxygens (including phenoxy) is 2. The maximum atomic E-state index is 12.5. The van der Waals surface area contributed by atoms with Crippen LogP contribution in [0.3, 0.4) is 0 Å². The van der Waals surface area contributed by atoms with Crippen molar-refractivity contribution >= 4 is 5.91 Å². The third kappa shape index (κ3) is 7.39. The van der Waals surface area contributed by atoms with Crippen molar-refractivity contribution in [3.05, 3.63) is 131 Å². The zero-order valence-corrected chi connectivity index (χ0v) is 24.1. The van der Waals surface area contributed by atoms with Crippen molar-refractivity contribution in [2.45, 2.75) is 50.6 Å². The largest absolute Gasteiger partial charge is 0.392 e. The number of hydrogen-bond acceptors (Lipinski definition) is 6. The van der Waals surface area contributed by atoms with Crippen LogP contribution in [0.4, 0.5) is 0 Å². The number of rotatable bonds is 9. The molecule has 7 heteroatoms. The summed E-state index contributed by atoms with van der Waals surface area (Å²) in [5.41, 5.74) is 6.58. The van der Waals surface area contributed by atoms with Gasteiger partial charge >= 0.3 is 0 Å². The van der Waals surface area contributed by atoms with E-state index in [4.69, 9.17) is 9.47 Å². The lowest BCUT2D eigenvalue weighted by molar-refractivity contribution is -0.252. The maximum absolute atomic E-state index is 12.5. The number of carbonyl (C=O) groups is 1. The SMILES string of the molecule is O=C(NCc1cccc(-c2cccc([C@@H]3O[C@H](CN4CC[C@H](O)C4)C[C@H](c4ccc(CO)cc4)O3)c2)c1)c1ccccc1. The summed E-state index contributed by atoms with van der Waals surface area (Å²) < 4.78 is 13.1. The summed E-state index contributed by atoms with van der Waals surface area (Å²) in [6.07, 6.45) is 0.433. The first-order chi connectivity index (χ1) is 21.0. The lowest BCUT2D eigenvalue weighted by atomic mass is 9.98. The zero-order valence-electron chi connectivity index (χ0n) is 24.1. The smallest absolute Gasteiger partial charge is 0.251 e. The van der Waals surface area contributed by atoms with Crippen LogP contribution in [0.15, 0.2) is 103 Å². The number of amides is 1. The van der Waals surface area contributed by atoms with Gasteiger partial charge in [0.15, 0.2) is 6.29 Å². The minimum atomic E-state index is -0.554. The van der Waals surface area contributed by atoms with Crippen molar-refractivity contribution < 1.29 is 24.5 Å². The average Bonchev–Trinajstić information content (AvgIpc) is 3.48. The van der Waals surface area contributed by atoms with E-state index >= 15 is 0 Å². The monoisotopic (exact) mass is 578 g/mol. The molecule has 0 radical (unpaired) electrons. The Hall–Kier alpha value is -3.85. The predicted octanol–water partition coefficient (Wildman–Crippen LogP) is 5.39. The minimum absolute atomic E-state index is 0.00480. The predicted molar refractivity (Wildman–Crippen MR) is 165 cm³/mol. The molecule has 0 spiro atoms. The quantitative estimate of drug-likeness (QED) is 0.247. The molecule has 2 heterocycles. The fraction of sp³-hybridized carbons (Fsp3) is 0.306. The second-order valence-corrected chi connectivity index (χ2v) is 11.4. The molecule has 3 N–H and O–H groups in total. The Morgan fingerprint density at radius 2 is 1.60 bits per heavy atom. The number of aliphatic hydroxyl groups excluding tert-OH is 2. The van der Waals surface area contributed by atoms with Crippen molar-refractivity contribution in [2.24, 2.45) is 0 Å². The number of benzene rings is 4. The van der Waals surface area contributed by atoms with Gasteiger partial charge in [-0.1, -0.05) is 78.9 Å². The van der Waals surface area contributed by atoms with Crippen molar-refractivity contribution in [1.82, 2.24) is 10.2 Å². The second-order valence-electron chi connectivity index (χ2n) is 11.4. The molecule has 2 aliphatic heterocycles. The molecule has 4 aromatic carbocycles. The van der Waals surface area contributed by atoms with Crippen LogP contribution in [0.5, 0.6) is 0 Å². The molecule has 43 heavy (non-hydrogen) atoms. The van der Waals surface area contributed by atoms with Crippen LogP contribution >= 0.6 is 0 Å². The normalized spacial score (nSPS) is 22.4. The number of nitrogens with zero attached hydrogens (tertiary/aromatic N) is 1. The summed E-state index contributed by atoms with van der Waals surface area (Å²) in [4.78, 5) is 14.8. The van der Waals surface area contributed by atoms with Gasteiger partial charge in [-0.05, 0) is 58.5 Å². The molecule has 4 aromatic rings. The van der Waals surface area contributed by atoms with E-state index in [1.807, 2.05) is 66.7 Å². The number of nitrogens with one attached hydrogen (secondary N) is 1. The number of hydrogen-bond donors (Lipinski definition) is 3. The van der Waals surface area contributed by atoms with Gasteiger partial charge in [0.25, 0.3) is 5.91 Å². The minimum Gasteiger partial charge on any atom is -0.392 e. The van der Waals surface area contributed by atoms with Crippen LogP contribution in [-0.2, 0) is 22.6 Å². The van der Waals surface area contributed by atoms with Gasteiger partial charge in [0, 0.05) is 43.7 Å². The molecule has 2 aliphatic rings. The molecule has 2 saturated heterocycles. The Bertz CT molecular complexity index is 1510. The summed E-state index contributed by atoms with van der Waals surface area (Å²) in [5.74, 6) is -0.0989. The van der Waals surface area contributed by atoms with E-state index in [0.29, 0.717) is 25.1 Å². The van der Waals surface area contributed by atoms with E-state index in [0.717, 1.165) is 52.9 Å². The molecule has 7 nitrogen and oxygen atoms in total. The van der Waals surface area contributed by atoms with Gasteiger partial charge < -0.3 is 25.0 Å². The molecule has 222 valence electrons. The van der Waals surface area contributed by atoms with Crippen molar-refractivity contribution in [1.29, 1.82) is 0 Å². The van der Waals surface area contributed by atoms with Crippen LogP contribution in [0, 0.1) is 0 Å². The molecule has 0 saturated carbocycles. The van der Waals surface area contributed by atoms with Crippen LogP contribution in [0.1, 0.15) is 57.8 Å². The zero-order chi connectivity index (χ0) is 29.6. The number of likely N-dealkylation sites (tertiary alicyclic amines) is 1. The van der Waals surface area contributed by atoms with Crippen LogP contribution < -0.4 is 5.32 Å². The topological polar surface area (TPSA) is 91.3 Å². The molecule has 0 unspecified atom stereocenters. The standard InChI is InChI=1S/C36H38N2O5/c39-24-25-12-14-27(15-13-25)34-20-33(23-38-17-16-32(40)22-38)42-36(43-34)31-11-5-10-30(19-31)29-9-4-6-26(18-29)21-37-35(41)28-7-2-1-3-8-28/h1-15,18-19,32-34,36,39-40H,16-17,20-24H2,(H,37,41)/t32-,33-,34+,36+/m0/s1. The Morgan fingerprint density at radius 1 is 0.837 bits per heavy atom. The van der Waals surface area contributed by atoms with E-state index in [9.17, 15) is 15.0 Å². The lowest BCUT2D eigenvalue weighted by Gasteiger charge is -2.38. The lowest BCUT2D eigenvalue weighted by Crippen LogP contribution is -2.38. The third-order valence-corrected chi connectivity index (χ3v) is 8.23. The molecule has 0 aliphatic carbocycles. The third-order valence-electron chi connectivity index (χ3n) is 8.23. The number of β-amino-alcohol motifs (C(OH)–C–C–N with tert-alkyl or cyclic N) is 1. The Kier molecular flexibility index (Phi) is 9.27. The fourth-order valence-corrected chi connectivity index (χ4v) is 5.90. The fourth-order valence-electron chi connectivity index (χ4n) is 5.90. The molecule has 2 fully saturated rings. The first kappa shape index (κ1) is 29.2. The molecule has 0 bridgehead atoms. The first-order valence-corrected chi connectivity index (χ1v) is 15.0. The van der Waals surface area contributed by atoms with Gasteiger partial charge in [0.05, 0.1) is 24.9 Å². The van der Waals surface area contributed by atoms with Crippen LogP contribution in [-0.4, -0.2) is 52.9 Å². The van der Waals surface area contributed by atoms with Gasteiger partial charge in [-0.15, -0.1) is 0 Å². The van der Waals surface area contributed by atoms with Crippen molar-refractivity contribution in [2.75, 3.05) is 19.6 Å². The Balaban J connectivity index is 1.20. The van der Waals surface area contributed by atoms with Crippen molar-refractivity contribution in [3.63, 3.8) is 0 Å². The molecule has 6 rings (SSSR count). The van der Waals surface area contributed by atoms with E-state index < -0.39 is 6.29 Å². The number of carbonyl (C=O) groups excluding carboxylic acids is 1. The highest BCUT2D eigenvalue weighted by molar-refractivity contribution is 5.94. The summed E-state index contributed by atoms with van der Waals surface area (Å²) in [6.45, 7) is 2.70.